The maximum Gasteiger partial charge on any atom is 0.309 e. The average Bonchev–Trinajstić information content (AvgIpc) is 3.39. The van der Waals surface area contributed by atoms with E-state index >= 15 is 0 Å². The highest BCUT2D eigenvalue weighted by Gasteiger charge is 2.43. The summed E-state index contributed by atoms with van der Waals surface area (Å²) in [7, 11) is 0. The molecule has 2 aromatic heterocycles. The summed E-state index contributed by atoms with van der Waals surface area (Å²) in [6.07, 6.45) is 6.08. The number of carbonyl (C=O) groups is 2. The van der Waals surface area contributed by atoms with Crippen LogP contribution in [-0.4, -0.2) is 28.3 Å². The van der Waals surface area contributed by atoms with Gasteiger partial charge in [0.05, 0.1) is 18.7 Å². The Morgan fingerprint density at radius 3 is 2.96 bits per heavy atom. The second kappa shape index (κ2) is 7.00. The minimum Gasteiger partial charge on any atom is -0.455 e. The van der Waals surface area contributed by atoms with Crippen molar-refractivity contribution in [1.29, 1.82) is 0 Å². The van der Waals surface area contributed by atoms with Crippen molar-refractivity contribution < 1.29 is 14.3 Å². The third-order valence-electron chi connectivity index (χ3n) is 5.26. The Morgan fingerprint density at radius 2 is 2.24 bits per heavy atom. The van der Waals surface area contributed by atoms with E-state index in [9.17, 15) is 9.59 Å². The van der Waals surface area contributed by atoms with Crippen LogP contribution < -0.4 is 5.32 Å². The molecule has 25 heavy (non-hydrogen) atoms. The fourth-order valence-electron chi connectivity index (χ4n) is 4.07. The van der Waals surface area contributed by atoms with Gasteiger partial charge in [0.2, 0.25) is 0 Å². The highest BCUT2D eigenvalue weighted by Crippen LogP contribution is 2.48. The number of rotatable bonds is 6. The molecule has 2 aromatic rings. The smallest absolute Gasteiger partial charge is 0.309 e. The fourth-order valence-corrected chi connectivity index (χ4v) is 4.76. The summed E-state index contributed by atoms with van der Waals surface area (Å²) in [5.74, 6) is 1.21. The van der Waals surface area contributed by atoms with Crippen molar-refractivity contribution in [2.75, 3.05) is 11.9 Å². The second-order valence-corrected chi connectivity index (χ2v) is 7.92. The minimum atomic E-state index is -0.329. The van der Waals surface area contributed by atoms with Gasteiger partial charge in [0, 0.05) is 10.9 Å². The van der Waals surface area contributed by atoms with Crippen molar-refractivity contribution in [2.45, 2.75) is 32.2 Å². The van der Waals surface area contributed by atoms with Gasteiger partial charge in [0.1, 0.15) is 5.82 Å². The summed E-state index contributed by atoms with van der Waals surface area (Å²) in [6.45, 7) is 0.363. The predicted molar refractivity (Wildman–Crippen MR) is 94.2 cm³/mol. The van der Waals surface area contributed by atoms with Crippen molar-refractivity contribution in [3.05, 3.63) is 34.7 Å². The van der Waals surface area contributed by atoms with Crippen LogP contribution in [0.4, 0.5) is 5.82 Å². The van der Waals surface area contributed by atoms with Crippen molar-refractivity contribution in [3.8, 4) is 0 Å². The molecule has 2 fully saturated rings. The molecule has 1 N–H and O–H groups in total. The van der Waals surface area contributed by atoms with E-state index in [0.717, 1.165) is 24.1 Å². The monoisotopic (exact) mass is 359 g/mol. The number of aromatic nitrogens is 2. The minimum absolute atomic E-state index is 0.00379. The van der Waals surface area contributed by atoms with E-state index in [-0.39, 0.29) is 24.4 Å². The number of carbonyl (C=O) groups excluding carboxylic acids is 2. The highest BCUT2D eigenvalue weighted by atomic mass is 32.1. The maximum atomic E-state index is 12.2. The second-order valence-electron chi connectivity index (χ2n) is 6.89. The van der Waals surface area contributed by atoms with E-state index in [0.29, 0.717) is 24.2 Å². The number of hydrogen-bond acceptors (Lipinski definition) is 5. The van der Waals surface area contributed by atoms with Gasteiger partial charge in [-0.3, -0.25) is 9.59 Å². The first kappa shape index (κ1) is 16.3. The molecule has 2 aliphatic rings. The third-order valence-corrected chi connectivity index (χ3v) is 6.12. The van der Waals surface area contributed by atoms with Gasteiger partial charge in [0.15, 0.2) is 6.61 Å². The Balaban J connectivity index is 1.28. The van der Waals surface area contributed by atoms with Crippen LogP contribution in [0.15, 0.2) is 29.8 Å². The summed E-state index contributed by atoms with van der Waals surface area (Å²) < 4.78 is 6.98. The Hall–Kier alpha value is -2.15. The van der Waals surface area contributed by atoms with E-state index in [2.05, 4.69) is 10.4 Å². The van der Waals surface area contributed by atoms with Crippen LogP contribution in [-0.2, 0) is 20.9 Å². The van der Waals surface area contributed by atoms with E-state index in [1.54, 1.807) is 28.3 Å². The van der Waals surface area contributed by atoms with Crippen LogP contribution in [0, 0.1) is 17.8 Å². The molecular formula is C18H21N3O3S. The summed E-state index contributed by atoms with van der Waals surface area (Å²) in [6, 6.07) is 5.75. The molecule has 2 saturated carbocycles. The van der Waals surface area contributed by atoms with E-state index in [4.69, 9.17) is 4.74 Å². The van der Waals surface area contributed by atoms with Crippen LogP contribution in [0.3, 0.4) is 0 Å². The third kappa shape index (κ3) is 3.61. The lowest BCUT2D eigenvalue weighted by molar-refractivity contribution is -0.153. The van der Waals surface area contributed by atoms with Gasteiger partial charge in [-0.15, -0.1) is 11.3 Å². The van der Waals surface area contributed by atoms with Gasteiger partial charge in [-0.25, -0.2) is 4.68 Å². The summed E-state index contributed by atoms with van der Waals surface area (Å²) in [5, 5.41) is 9.01. The lowest BCUT2D eigenvalue weighted by Gasteiger charge is -2.19. The Bertz CT molecular complexity index is 755. The molecule has 6 nitrogen and oxygen atoms in total. The number of nitrogens with one attached hydrogen (secondary N) is 1. The van der Waals surface area contributed by atoms with E-state index in [1.165, 1.54) is 6.42 Å². The van der Waals surface area contributed by atoms with Gasteiger partial charge >= 0.3 is 5.97 Å². The van der Waals surface area contributed by atoms with Crippen LogP contribution in [0.2, 0.25) is 0 Å². The molecule has 7 heteroatoms. The first-order chi connectivity index (χ1) is 12.2. The molecule has 132 valence electrons. The Kier molecular flexibility index (Phi) is 4.57. The average molecular weight is 359 g/mol. The van der Waals surface area contributed by atoms with Gasteiger partial charge in [0.25, 0.3) is 5.91 Å². The molecule has 0 aromatic carbocycles. The topological polar surface area (TPSA) is 73.2 Å². The number of esters is 1. The SMILES string of the molecule is O=C(COC(=O)[C@H]1C[C@H]2CC[C@H]1C2)Nc1ccnn1Cc1cccs1. The molecule has 2 aliphatic carbocycles. The molecule has 0 radical (unpaired) electrons. The number of amides is 1. The fraction of sp³-hybridized carbons (Fsp3) is 0.500. The standard InChI is InChI=1S/C18H21N3O3S/c22-17(11-24-18(23)15-9-12-3-4-13(15)8-12)20-16-5-6-19-21(16)10-14-2-1-7-25-14/h1-2,5-7,12-13,15H,3-4,8-11H2,(H,20,22)/t12-,13-,15-/m0/s1. The van der Waals surface area contributed by atoms with Crippen LogP contribution in [0.25, 0.3) is 0 Å². The van der Waals surface area contributed by atoms with Gasteiger partial charge in [-0.1, -0.05) is 12.5 Å². The largest absolute Gasteiger partial charge is 0.455 e. The molecular weight excluding hydrogens is 338 g/mol. The normalized spacial score (nSPS) is 24.4. The quantitative estimate of drug-likeness (QED) is 0.805. The molecule has 2 heterocycles. The molecule has 0 saturated heterocycles. The summed E-state index contributed by atoms with van der Waals surface area (Å²) in [4.78, 5) is 25.5. The molecule has 2 bridgehead atoms. The van der Waals surface area contributed by atoms with Crippen molar-refractivity contribution in [3.63, 3.8) is 0 Å². The van der Waals surface area contributed by atoms with Crippen molar-refractivity contribution >= 4 is 29.0 Å². The number of hydrogen-bond donors (Lipinski definition) is 1. The van der Waals surface area contributed by atoms with Crippen LogP contribution >= 0.6 is 11.3 Å². The molecule has 1 amide bonds. The van der Waals surface area contributed by atoms with Crippen LogP contribution in [0.5, 0.6) is 0 Å². The molecule has 3 atom stereocenters. The number of fused-ring (bicyclic) bond motifs is 2. The number of nitrogens with zero attached hydrogens (tertiary/aromatic N) is 2. The number of anilines is 1. The predicted octanol–water partition coefficient (Wildman–Crippen LogP) is 2.91. The molecule has 0 spiro atoms. The molecule has 4 rings (SSSR count). The zero-order valence-electron chi connectivity index (χ0n) is 13.9. The van der Waals surface area contributed by atoms with E-state index < -0.39 is 0 Å². The van der Waals surface area contributed by atoms with Gasteiger partial charge in [-0.2, -0.15) is 5.10 Å². The van der Waals surface area contributed by atoms with Crippen molar-refractivity contribution in [2.24, 2.45) is 17.8 Å². The summed E-state index contributed by atoms with van der Waals surface area (Å²) in [5.41, 5.74) is 0. The zero-order valence-corrected chi connectivity index (χ0v) is 14.7. The first-order valence-electron chi connectivity index (χ1n) is 8.69. The lowest BCUT2D eigenvalue weighted by Crippen LogP contribution is -2.28. The van der Waals surface area contributed by atoms with E-state index in [1.807, 2.05) is 17.5 Å². The Labute approximate surface area is 150 Å². The lowest BCUT2D eigenvalue weighted by atomic mass is 9.89. The van der Waals surface area contributed by atoms with Gasteiger partial charge < -0.3 is 10.1 Å². The molecule has 0 aliphatic heterocycles. The zero-order chi connectivity index (χ0) is 17.2. The maximum absolute atomic E-state index is 12.2. The van der Waals surface area contributed by atoms with Gasteiger partial charge in [-0.05, 0) is 42.5 Å². The Morgan fingerprint density at radius 1 is 1.32 bits per heavy atom. The summed E-state index contributed by atoms with van der Waals surface area (Å²) >= 11 is 1.64. The molecule has 0 unspecified atom stereocenters. The first-order valence-corrected chi connectivity index (χ1v) is 9.57. The number of ether oxygens (including phenoxy) is 1. The highest BCUT2D eigenvalue weighted by molar-refractivity contribution is 7.09. The van der Waals surface area contributed by atoms with Crippen molar-refractivity contribution in [1.82, 2.24) is 9.78 Å². The number of thiophene rings is 1. The van der Waals surface area contributed by atoms with Crippen LogP contribution in [0.1, 0.15) is 30.6 Å².